The first kappa shape index (κ1) is 28.7. The summed E-state index contributed by atoms with van der Waals surface area (Å²) in [5, 5.41) is 0.391. The quantitative estimate of drug-likeness (QED) is 0.336. The molecule has 0 amide bonds. The molecule has 29 heavy (non-hydrogen) atoms. The van der Waals surface area contributed by atoms with Crippen LogP contribution in [0.5, 0.6) is 0 Å². The summed E-state index contributed by atoms with van der Waals surface area (Å²) < 4.78 is 18.0. The summed E-state index contributed by atoms with van der Waals surface area (Å²) in [7, 11) is -3.54. The molecular formula is C21H48N2O4Si2. The first-order valence-corrected chi connectivity index (χ1v) is 16.7. The molecule has 0 saturated heterocycles. The highest BCUT2D eigenvalue weighted by atomic mass is 28.4. The lowest BCUT2D eigenvalue weighted by Gasteiger charge is -2.38. The topological polar surface area (TPSA) is 74.0 Å². The fraction of sp³-hybridized carbons (Fsp3) is 0.952. The number of ether oxygens (including phenoxy) is 1. The molecule has 174 valence electrons. The molecule has 0 aromatic heterocycles. The van der Waals surface area contributed by atoms with Gasteiger partial charge in [0.1, 0.15) is 6.61 Å². The van der Waals surface area contributed by atoms with E-state index in [0.29, 0.717) is 32.9 Å². The van der Waals surface area contributed by atoms with Gasteiger partial charge in [0.25, 0.3) is 0 Å². The number of hydrogen-bond donors (Lipinski definition) is 1. The van der Waals surface area contributed by atoms with Crippen LogP contribution in [0.1, 0.15) is 48.0 Å². The van der Waals surface area contributed by atoms with Gasteiger partial charge in [0.05, 0.1) is 6.42 Å². The molecule has 0 aromatic carbocycles. The third kappa shape index (κ3) is 11.1. The Hall–Kier alpha value is -0.256. The van der Waals surface area contributed by atoms with Crippen LogP contribution < -0.4 is 5.73 Å². The molecule has 0 heterocycles. The van der Waals surface area contributed by atoms with Crippen molar-refractivity contribution in [2.45, 2.75) is 84.2 Å². The second-order valence-electron chi connectivity index (χ2n) is 10.8. The van der Waals surface area contributed by atoms with Crippen LogP contribution in [0.15, 0.2) is 0 Å². The Bertz CT molecular complexity index is 454. The molecule has 0 unspecified atom stereocenters. The Morgan fingerprint density at radius 2 is 1.17 bits per heavy atom. The number of carbonyl (C=O) groups excluding carboxylic acids is 1. The van der Waals surface area contributed by atoms with Gasteiger partial charge in [-0.15, -0.1) is 0 Å². The number of rotatable bonds is 13. The Labute approximate surface area is 182 Å². The summed E-state index contributed by atoms with van der Waals surface area (Å²) in [6, 6.07) is 0. The average molecular weight is 449 g/mol. The fourth-order valence-corrected chi connectivity index (χ4v) is 4.18. The van der Waals surface area contributed by atoms with E-state index in [1.54, 1.807) is 0 Å². The molecule has 0 bridgehead atoms. The van der Waals surface area contributed by atoms with E-state index in [2.05, 4.69) is 72.6 Å². The van der Waals surface area contributed by atoms with E-state index in [0.717, 1.165) is 13.1 Å². The van der Waals surface area contributed by atoms with Crippen LogP contribution in [0, 0.1) is 0 Å². The number of hydrogen-bond acceptors (Lipinski definition) is 6. The van der Waals surface area contributed by atoms with E-state index < -0.39 is 16.6 Å². The van der Waals surface area contributed by atoms with Crippen molar-refractivity contribution in [1.29, 1.82) is 0 Å². The van der Waals surface area contributed by atoms with E-state index in [-0.39, 0.29) is 22.5 Å². The van der Waals surface area contributed by atoms with Gasteiger partial charge in [-0.2, -0.15) is 0 Å². The van der Waals surface area contributed by atoms with Crippen LogP contribution in [0.4, 0.5) is 0 Å². The summed E-state index contributed by atoms with van der Waals surface area (Å²) >= 11 is 0. The third-order valence-electron chi connectivity index (χ3n) is 6.37. The SMILES string of the molecule is CC(C)(C)[Si](C)(C)OCCN(CCOC(=O)CCN)CCO[Si](C)(C)C(C)(C)C. The highest BCUT2D eigenvalue weighted by Crippen LogP contribution is 2.37. The van der Waals surface area contributed by atoms with Gasteiger partial charge < -0.3 is 19.3 Å². The van der Waals surface area contributed by atoms with Crippen molar-refractivity contribution in [2.24, 2.45) is 5.73 Å². The zero-order chi connectivity index (χ0) is 22.9. The van der Waals surface area contributed by atoms with Crippen molar-refractivity contribution < 1.29 is 18.4 Å². The second-order valence-corrected chi connectivity index (χ2v) is 20.4. The molecule has 0 fully saturated rings. The van der Waals surface area contributed by atoms with Crippen LogP contribution in [0.2, 0.25) is 36.3 Å². The number of esters is 1. The lowest BCUT2D eigenvalue weighted by Crippen LogP contribution is -2.45. The van der Waals surface area contributed by atoms with Crippen molar-refractivity contribution in [2.75, 3.05) is 46.0 Å². The summed E-state index contributed by atoms with van der Waals surface area (Å²) in [4.78, 5) is 13.9. The second kappa shape index (κ2) is 12.0. The first-order valence-electron chi connectivity index (χ1n) is 10.9. The normalized spacial score (nSPS) is 13.8. The van der Waals surface area contributed by atoms with Gasteiger partial charge in [-0.25, -0.2) is 0 Å². The predicted molar refractivity (Wildman–Crippen MR) is 127 cm³/mol. The van der Waals surface area contributed by atoms with Gasteiger partial charge in [-0.1, -0.05) is 41.5 Å². The van der Waals surface area contributed by atoms with Gasteiger partial charge >= 0.3 is 5.97 Å². The van der Waals surface area contributed by atoms with Crippen LogP contribution in [-0.4, -0.2) is 73.5 Å². The Kier molecular flexibility index (Phi) is 11.8. The molecule has 8 heteroatoms. The van der Waals surface area contributed by atoms with Gasteiger partial charge in [-0.3, -0.25) is 9.69 Å². The fourth-order valence-electron chi connectivity index (χ4n) is 2.11. The molecule has 0 spiro atoms. The average Bonchev–Trinajstić information content (AvgIpc) is 2.52. The Balaban J connectivity index is 4.70. The highest BCUT2D eigenvalue weighted by Gasteiger charge is 2.38. The molecule has 0 saturated carbocycles. The highest BCUT2D eigenvalue weighted by molar-refractivity contribution is 6.74. The molecular weight excluding hydrogens is 400 g/mol. The summed E-state index contributed by atoms with van der Waals surface area (Å²) in [6.07, 6.45) is 0.267. The Morgan fingerprint density at radius 1 is 0.793 bits per heavy atom. The van der Waals surface area contributed by atoms with Gasteiger partial charge in [0.2, 0.25) is 0 Å². The molecule has 0 radical (unpaired) electrons. The number of nitrogens with two attached hydrogens (primary N) is 1. The van der Waals surface area contributed by atoms with E-state index in [1.807, 2.05) is 0 Å². The molecule has 0 aromatic rings. The maximum atomic E-state index is 11.6. The van der Waals surface area contributed by atoms with Crippen molar-refractivity contribution >= 4 is 22.6 Å². The maximum Gasteiger partial charge on any atom is 0.307 e. The molecule has 0 rings (SSSR count). The van der Waals surface area contributed by atoms with Crippen LogP contribution in [0.25, 0.3) is 0 Å². The van der Waals surface area contributed by atoms with Crippen LogP contribution in [-0.2, 0) is 18.4 Å². The van der Waals surface area contributed by atoms with Gasteiger partial charge in [0, 0.05) is 39.4 Å². The van der Waals surface area contributed by atoms with Gasteiger partial charge in [0.15, 0.2) is 16.6 Å². The van der Waals surface area contributed by atoms with E-state index in [4.69, 9.17) is 19.3 Å². The van der Waals surface area contributed by atoms with E-state index in [1.165, 1.54) is 0 Å². The maximum absolute atomic E-state index is 11.6. The minimum atomic E-state index is -1.77. The first-order chi connectivity index (χ1) is 13.0. The monoisotopic (exact) mass is 448 g/mol. The molecule has 2 N–H and O–H groups in total. The minimum absolute atomic E-state index is 0.195. The standard InChI is InChI=1S/C21H48N2O4Si2/c1-20(2,3)28(7,8)26-17-14-23(13-16-25-19(24)11-12-22)15-18-27-29(9,10)21(4,5)6/h11-18,22H2,1-10H3. The molecule has 0 aliphatic heterocycles. The molecule has 0 aliphatic carbocycles. The molecule has 6 nitrogen and oxygen atoms in total. The minimum Gasteiger partial charge on any atom is -0.464 e. The van der Waals surface area contributed by atoms with Gasteiger partial charge in [-0.05, 0) is 36.3 Å². The zero-order valence-corrected chi connectivity index (χ0v) is 22.8. The van der Waals surface area contributed by atoms with Crippen LogP contribution in [0.3, 0.4) is 0 Å². The number of carbonyl (C=O) groups is 1. The van der Waals surface area contributed by atoms with Crippen molar-refractivity contribution in [3.8, 4) is 0 Å². The largest absolute Gasteiger partial charge is 0.464 e. The van der Waals surface area contributed by atoms with Crippen molar-refractivity contribution in [3.63, 3.8) is 0 Å². The summed E-state index contributed by atoms with van der Waals surface area (Å²) in [5.41, 5.74) is 5.41. The van der Waals surface area contributed by atoms with Crippen LogP contribution >= 0.6 is 0 Å². The van der Waals surface area contributed by atoms with E-state index >= 15 is 0 Å². The summed E-state index contributed by atoms with van der Waals surface area (Å²) in [5.74, 6) is -0.234. The number of nitrogens with zero attached hydrogens (tertiary/aromatic N) is 1. The lowest BCUT2D eigenvalue weighted by atomic mass is 10.2. The smallest absolute Gasteiger partial charge is 0.307 e. The predicted octanol–water partition coefficient (Wildman–Crippen LogP) is 4.22. The summed E-state index contributed by atoms with van der Waals surface area (Å²) in [6.45, 7) is 27.0. The lowest BCUT2D eigenvalue weighted by molar-refractivity contribution is -0.143. The third-order valence-corrected chi connectivity index (χ3v) is 15.4. The van der Waals surface area contributed by atoms with Crippen molar-refractivity contribution in [3.05, 3.63) is 0 Å². The zero-order valence-electron chi connectivity index (χ0n) is 20.8. The van der Waals surface area contributed by atoms with Crippen molar-refractivity contribution in [1.82, 2.24) is 4.90 Å². The Morgan fingerprint density at radius 3 is 1.52 bits per heavy atom. The van der Waals surface area contributed by atoms with E-state index in [9.17, 15) is 4.79 Å². The molecule has 0 aliphatic rings. The molecule has 0 atom stereocenters.